The normalized spacial score (nSPS) is 39.3. The SMILES string of the molecule is NC(=O)C1CC12CCNC(=O)C2. The summed E-state index contributed by atoms with van der Waals surface area (Å²) in [5.41, 5.74) is 5.13. The van der Waals surface area contributed by atoms with E-state index >= 15 is 0 Å². The first kappa shape index (κ1) is 7.58. The van der Waals surface area contributed by atoms with Gasteiger partial charge in [-0.3, -0.25) is 9.59 Å². The van der Waals surface area contributed by atoms with E-state index in [1.54, 1.807) is 0 Å². The minimum Gasteiger partial charge on any atom is -0.369 e. The molecule has 0 aromatic heterocycles. The molecule has 2 atom stereocenters. The molecule has 0 aromatic rings. The van der Waals surface area contributed by atoms with E-state index in [0.717, 1.165) is 12.8 Å². The van der Waals surface area contributed by atoms with Gasteiger partial charge in [-0.25, -0.2) is 0 Å². The van der Waals surface area contributed by atoms with Gasteiger partial charge in [-0.05, 0) is 18.3 Å². The van der Waals surface area contributed by atoms with E-state index in [-0.39, 0.29) is 23.1 Å². The van der Waals surface area contributed by atoms with Crippen molar-refractivity contribution in [2.24, 2.45) is 17.1 Å². The number of nitrogens with one attached hydrogen (secondary N) is 1. The lowest BCUT2D eigenvalue weighted by Crippen LogP contribution is -2.36. The highest BCUT2D eigenvalue weighted by molar-refractivity contribution is 5.85. The molecule has 66 valence electrons. The molecule has 0 radical (unpaired) electrons. The number of hydrogen-bond donors (Lipinski definition) is 2. The molecular formula is C8H12N2O2. The zero-order chi connectivity index (χ0) is 8.77. The van der Waals surface area contributed by atoms with Crippen LogP contribution in [0.5, 0.6) is 0 Å². The van der Waals surface area contributed by atoms with Crippen LogP contribution < -0.4 is 11.1 Å². The molecule has 4 heteroatoms. The quantitative estimate of drug-likeness (QED) is 0.548. The first-order valence-corrected chi connectivity index (χ1v) is 4.20. The summed E-state index contributed by atoms with van der Waals surface area (Å²) in [5, 5.41) is 2.75. The largest absolute Gasteiger partial charge is 0.369 e. The molecule has 4 nitrogen and oxygen atoms in total. The van der Waals surface area contributed by atoms with Crippen LogP contribution in [0.2, 0.25) is 0 Å². The Kier molecular flexibility index (Phi) is 1.40. The maximum atomic E-state index is 11.0. The highest BCUT2D eigenvalue weighted by Crippen LogP contribution is 2.58. The Bertz CT molecular complexity index is 251. The fraction of sp³-hybridized carbons (Fsp3) is 0.750. The molecule has 2 amide bonds. The summed E-state index contributed by atoms with van der Waals surface area (Å²) in [6, 6.07) is 0. The average molecular weight is 168 g/mol. The molecule has 0 bridgehead atoms. The van der Waals surface area contributed by atoms with Crippen LogP contribution in [-0.2, 0) is 9.59 Å². The third-order valence-corrected chi connectivity index (χ3v) is 2.99. The molecule has 1 aliphatic carbocycles. The summed E-state index contributed by atoms with van der Waals surface area (Å²) in [5.74, 6) is -0.224. The van der Waals surface area contributed by atoms with Crippen molar-refractivity contribution in [3.8, 4) is 0 Å². The number of hydrogen-bond acceptors (Lipinski definition) is 2. The number of amides is 2. The molecule has 12 heavy (non-hydrogen) atoms. The maximum Gasteiger partial charge on any atom is 0.221 e. The summed E-state index contributed by atoms with van der Waals surface area (Å²) >= 11 is 0. The lowest BCUT2D eigenvalue weighted by atomic mass is 9.91. The van der Waals surface area contributed by atoms with Crippen LogP contribution in [0.25, 0.3) is 0 Å². The Labute approximate surface area is 70.5 Å². The first-order chi connectivity index (χ1) is 5.64. The smallest absolute Gasteiger partial charge is 0.221 e. The van der Waals surface area contributed by atoms with E-state index in [0.29, 0.717) is 13.0 Å². The van der Waals surface area contributed by atoms with Crippen molar-refractivity contribution in [3.63, 3.8) is 0 Å². The third kappa shape index (κ3) is 0.983. The third-order valence-electron chi connectivity index (χ3n) is 2.99. The van der Waals surface area contributed by atoms with Crippen molar-refractivity contribution >= 4 is 11.8 Å². The van der Waals surface area contributed by atoms with Crippen LogP contribution in [0.4, 0.5) is 0 Å². The minimum atomic E-state index is -0.246. The van der Waals surface area contributed by atoms with E-state index < -0.39 is 0 Å². The number of carbonyl (C=O) groups excluding carboxylic acids is 2. The Morgan fingerprint density at radius 2 is 2.42 bits per heavy atom. The van der Waals surface area contributed by atoms with E-state index in [1.165, 1.54) is 0 Å². The van der Waals surface area contributed by atoms with Crippen molar-refractivity contribution < 1.29 is 9.59 Å². The van der Waals surface area contributed by atoms with Crippen LogP contribution in [0.1, 0.15) is 19.3 Å². The van der Waals surface area contributed by atoms with E-state index in [1.807, 2.05) is 0 Å². The molecule has 1 saturated heterocycles. The van der Waals surface area contributed by atoms with Crippen molar-refractivity contribution in [1.82, 2.24) is 5.32 Å². The van der Waals surface area contributed by atoms with Gasteiger partial charge < -0.3 is 11.1 Å². The van der Waals surface area contributed by atoms with Gasteiger partial charge in [0.1, 0.15) is 0 Å². The summed E-state index contributed by atoms with van der Waals surface area (Å²) < 4.78 is 0. The Morgan fingerprint density at radius 1 is 1.67 bits per heavy atom. The average Bonchev–Trinajstić information content (AvgIpc) is 2.63. The summed E-state index contributed by atoms with van der Waals surface area (Å²) in [6.07, 6.45) is 2.21. The second kappa shape index (κ2) is 2.21. The van der Waals surface area contributed by atoms with Crippen molar-refractivity contribution in [3.05, 3.63) is 0 Å². The zero-order valence-electron chi connectivity index (χ0n) is 6.80. The monoisotopic (exact) mass is 168 g/mol. The van der Waals surface area contributed by atoms with E-state index in [9.17, 15) is 9.59 Å². The molecule has 2 unspecified atom stereocenters. The molecule has 2 rings (SSSR count). The number of piperidine rings is 1. The Morgan fingerprint density at radius 3 is 2.92 bits per heavy atom. The van der Waals surface area contributed by atoms with Gasteiger partial charge in [-0.1, -0.05) is 0 Å². The Balaban J connectivity index is 2.05. The molecule has 1 spiro atoms. The van der Waals surface area contributed by atoms with Crippen molar-refractivity contribution in [2.75, 3.05) is 6.54 Å². The van der Waals surface area contributed by atoms with Gasteiger partial charge in [0, 0.05) is 18.9 Å². The van der Waals surface area contributed by atoms with Gasteiger partial charge >= 0.3 is 0 Å². The number of nitrogens with two attached hydrogens (primary N) is 1. The van der Waals surface area contributed by atoms with Gasteiger partial charge in [0.2, 0.25) is 11.8 Å². The summed E-state index contributed by atoms with van der Waals surface area (Å²) in [6.45, 7) is 0.697. The molecule has 2 aliphatic rings. The van der Waals surface area contributed by atoms with Gasteiger partial charge in [0.05, 0.1) is 0 Å². The molecule has 1 heterocycles. The van der Waals surface area contributed by atoms with Crippen LogP contribution in [0, 0.1) is 11.3 Å². The predicted molar refractivity (Wildman–Crippen MR) is 42.0 cm³/mol. The standard InChI is InChI=1S/C8H12N2O2/c9-7(12)5-3-8(5)1-2-10-6(11)4-8/h5H,1-4H2,(H2,9,12)(H,10,11). The first-order valence-electron chi connectivity index (χ1n) is 4.20. The van der Waals surface area contributed by atoms with Crippen molar-refractivity contribution in [2.45, 2.75) is 19.3 Å². The topological polar surface area (TPSA) is 72.2 Å². The van der Waals surface area contributed by atoms with Crippen LogP contribution in [-0.4, -0.2) is 18.4 Å². The lowest BCUT2D eigenvalue weighted by molar-refractivity contribution is -0.125. The molecule has 1 saturated carbocycles. The maximum absolute atomic E-state index is 11.0. The van der Waals surface area contributed by atoms with E-state index in [2.05, 4.69) is 5.32 Å². The van der Waals surface area contributed by atoms with Gasteiger partial charge in [-0.2, -0.15) is 0 Å². The predicted octanol–water partition coefficient (Wildman–Crippen LogP) is -0.612. The molecular weight excluding hydrogens is 156 g/mol. The highest BCUT2D eigenvalue weighted by Gasteiger charge is 2.58. The molecule has 2 fully saturated rings. The Hall–Kier alpha value is -1.06. The van der Waals surface area contributed by atoms with Crippen LogP contribution in [0.3, 0.4) is 0 Å². The molecule has 3 N–H and O–H groups in total. The number of carbonyl (C=O) groups is 2. The molecule has 0 aromatic carbocycles. The number of rotatable bonds is 1. The fourth-order valence-corrected chi connectivity index (χ4v) is 2.14. The van der Waals surface area contributed by atoms with Crippen LogP contribution in [0.15, 0.2) is 0 Å². The minimum absolute atomic E-state index is 0.0384. The second-order valence-corrected chi connectivity index (χ2v) is 3.80. The van der Waals surface area contributed by atoms with Gasteiger partial charge in [0.25, 0.3) is 0 Å². The zero-order valence-corrected chi connectivity index (χ0v) is 6.80. The summed E-state index contributed by atoms with van der Waals surface area (Å²) in [7, 11) is 0. The lowest BCUT2D eigenvalue weighted by Gasteiger charge is -2.21. The fourth-order valence-electron chi connectivity index (χ4n) is 2.14. The highest BCUT2D eigenvalue weighted by atomic mass is 16.2. The molecule has 1 aliphatic heterocycles. The van der Waals surface area contributed by atoms with Crippen molar-refractivity contribution in [1.29, 1.82) is 0 Å². The van der Waals surface area contributed by atoms with Gasteiger partial charge in [0.15, 0.2) is 0 Å². The van der Waals surface area contributed by atoms with Crippen LogP contribution >= 0.6 is 0 Å². The summed E-state index contributed by atoms with van der Waals surface area (Å²) in [4.78, 5) is 21.9. The number of primary amides is 1. The van der Waals surface area contributed by atoms with Gasteiger partial charge in [-0.15, -0.1) is 0 Å². The second-order valence-electron chi connectivity index (χ2n) is 3.80. The van der Waals surface area contributed by atoms with E-state index in [4.69, 9.17) is 5.73 Å².